The largest absolute Gasteiger partial charge is 0.480 e. The Morgan fingerprint density at radius 1 is 1.32 bits per heavy atom. The maximum absolute atomic E-state index is 12.3. The van der Waals surface area contributed by atoms with Gasteiger partial charge >= 0.3 is 5.97 Å². The summed E-state index contributed by atoms with van der Waals surface area (Å²) in [7, 11) is 0. The van der Waals surface area contributed by atoms with Gasteiger partial charge in [-0.25, -0.2) is 0 Å². The van der Waals surface area contributed by atoms with Gasteiger partial charge in [0.2, 0.25) is 0 Å². The van der Waals surface area contributed by atoms with Crippen molar-refractivity contribution < 1.29 is 14.3 Å². The second-order valence-electron chi connectivity index (χ2n) is 4.70. The standard InChI is InChI=1S/C14H13NO4/c16-13-8-3-1-2-4-12(8)19-7-9(13)10-5-6-11(15-10)14(17)18/h1-4,7,10-11,15H,5-6H2,(H,17,18). The van der Waals surface area contributed by atoms with Gasteiger partial charge in [-0.15, -0.1) is 0 Å². The van der Waals surface area contributed by atoms with Gasteiger partial charge in [-0.05, 0) is 25.0 Å². The summed E-state index contributed by atoms with van der Waals surface area (Å²) in [6.07, 6.45) is 2.58. The van der Waals surface area contributed by atoms with Crippen molar-refractivity contribution in [3.63, 3.8) is 0 Å². The van der Waals surface area contributed by atoms with Crippen molar-refractivity contribution in [2.75, 3.05) is 0 Å². The smallest absolute Gasteiger partial charge is 0.320 e. The highest BCUT2D eigenvalue weighted by atomic mass is 16.4. The average Bonchev–Trinajstić information content (AvgIpc) is 2.89. The van der Waals surface area contributed by atoms with Crippen LogP contribution in [-0.2, 0) is 4.79 Å². The quantitative estimate of drug-likeness (QED) is 0.857. The summed E-state index contributed by atoms with van der Waals surface area (Å²) < 4.78 is 5.44. The monoisotopic (exact) mass is 259 g/mol. The number of hydrogen-bond acceptors (Lipinski definition) is 4. The van der Waals surface area contributed by atoms with E-state index in [1.807, 2.05) is 0 Å². The number of hydrogen-bond donors (Lipinski definition) is 2. The molecule has 1 aromatic heterocycles. The SMILES string of the molecule is O=C(O)C1CCC(c2coc3ccccc3c2=O)N1. The van der Waals surface area contributed by atoms with E-state index < -0.39 is 12.0 Å². The Morgan fingerprint density at radius 3 is 2.84 bits per heavy atom. The molecule has 2 unspecified atom stereocenters. The first-order chi connectivity index (χ1) is 9.16. The lowest BCUT2D eigenvalue weighted by Gasteiger charge is -2.11. The zero-order valence-electron chi connectivity index (χ0n) is 10.1. The minimum absolute atomic E-state index is 0.0922. The van der Waals surface area contributed by atoms with Gasteiger partial charge < -0.3 is 9.52 Å². The van der Waals surface area contributed by atoms with E-state index in [1.165, 1.54) is 6.26 Å². The molecule has 5 nitrogen and oxygen atoms in total. The Morgan fingerprint density at radius 2 is 2.11 bits per heavy atom. The van der Waals surface area contributed by atoms with E-state index in [0.29, 0.717) is 29.4 Å². The van der Waals surface area contributed by atoms with Gasteiger partial charge in [0.15, 0.2) is 5.43 Å². The van der Waals surface area contributed by atoms with Crippen LogP contribution in [0.25, 0.3) is 11.0 Å². The van der Waals surface area contributed by atoms with Crippen molar-refractivity contribution in [2.45, 2.75) is 24.9 Å². The van der Waals surface area contributed by atoms with Gasteiger partial charge in [0.05, 0.1) is 17.2 Å². The summed E-state index contributed by atoms with van der Waals surface area (Å²) in [6, 6.07) is 6.21. The molecule has 3 rings (SSSR count). The zero-order chi connectivity index (χ0) is 13.4. The third kappa shape index (κ3) is 2.02. The number of nitrogens with one attached hydrogen (secondary N) is 1. The number of fused-ring (bicyclic) bond motifs is 1. The van der Waals surface area contributed by atoms with Crippen LogP contribution in [0, 0.1) is 0 Å². The van der Waals surface area contributed by atoms with Gasteiger partial charge in [0.25, 0.3) is 0 Å². The molecule has 0 bridgehead atoms. The predicted molar refractivity (Wildman–Crippen MR) is 69.0 cm³/mol. The normalized spacial score (nSPS) is 22.7. The van der Waals surface area contributed by atoms with E-state index in [2.05, 4.69) is 5.32 Å². The van der Waals surface area contributed by atoms with Crippen LogP contribution in [0.1, 0.15) is 24.4 Å². The molecule has 0 spiro atoms. The highest BCUT2D eigenvalue weighted by molar-refractivity contribution is 5.77. The molecule has 1 saturated heterocycles. The van der Waals surface area contributed by atoms with Gasteiger partial charge in [0, 0.05) is 6.04 Å². The molecule has 98 valence electrons. The number of benzene rings is 1. The fourth-order valence-corrected chi connectivity index (χ4v) is 2.52. The average molecular weight is 259 g/mol. The number of carboxylic acids is 1. The molecule has 1 aliphatic heterocycles. The topological polar surface area (TPSA) is 79.5 Å². The van der Waals surface area contributed by atoms with E-state index in [-0.39, 0.29) is 11.5 Å². The maximum Gasteiger partial charge on any atom is 0.320 e. The van der Waals surface area contributed by atoms with E-state index in [1.54, 1.807) is 24.3 Å². The Hall–Kier alpha value is -2.14. The first-order valence-corrected chi connectivity index (χ1v) is 6.16. The van der Waals surface area contributed by atoms with Crippen molar-refractivity contribution in [3.05, 3.63) is 46.3 Å². The molecule has 2 N–H and O–H groups in total. The van der Waals surface area contributed by atoms with Crippen LogP contribution in [0.15, 0.2) is 39.7 Å². The first kappa shape index (κ1) is 11.9. The predicted octanol–water partition coefficient (Wildman–Crippen LogP) is 1.67. The van der Waals surface area contributed by atoms with Gasteiger partial charge in [-0.2, -0.15) is 0 Å². The van der Waals surface area contributed by atoms with Crippen LogP contribution >= 0.6 is 0 Å². The number of para-hydroxylation sites is 1. The van der Waals surface area contributed by atoms with E-state index in [0.717, 1.165) is 0 Å². The molecule has 2 heterocycles. The summed E-state index contributed by atoms with van der Waals surface area (Å²) in [5, 5.41) is 12.4. The molecule has 0 amide bonds. The Labute approximate surface area is 108 Å². The Balaban J connectivity index is 2.00. The molecular formula is C14H13NO4. The third-order valence-electron chi connectivity index (χ3n) is 3.53. The molecular weight excluding hydrogens is 246 g/mol. The maximum atomic E-state index is 12.3. The summed E-state index contributed by atoms with van der Waals surface area (Å²) >= 11 is 0. The highest BCUT2D eigenvalue weighted by Gasteiger charge is 2.31. The van der Waals surface area contributed by atoms with Crippen LogP contribution in [0.5, 0.6) is 0 Å². The molecule has 0 radical (unpaired) electrons. The fraction of sp³-hybridized carbons (Fsp3) is 0.286. The van der Waals surface area contributed by atoms with Crippen LogP contribution in [0.4, 0.5) is 0 Å². The minimum atomic E-state index is -0.882. The number of carbonyl (C=O) groups is 1. The second-order valence-corrected chi connectivity index (χ2v) is 4.70. The fourth-order valence-electron chi connectivity index (χ4n) is 2.52. The number of rotatable bonds is 2. The third-order valence-corrected chi connectivity index (χ3v) is 3.53. The van der Waals surface area contributed by atoms with Crippen LogP contribution < -0.4 is 10.7 Å². The van der Waals surface area contributed by atoms with Crippen LogP contribution in [0.3, 0.4) is 0 Å². The van der Waals surface area contributed by atoms with Gasteiger partial charge in [-0.1, -0.05) is 12.1 Å². The summed E-state index contributed by atoms with van der Waals surface area (Å²) in [5.41, 5.74) is 0.955. The molecule has 1 aromatic carbocycles. The molecule has 1 aliphatic rings. The van der Waals surface area contributed by atoms with Crippen molar-refractivity contribution in [3.8, 4) is 0 Å². The molecule has 1 fully saturated rings. The van der Waals surface area contributed by atoms with Crippen LogP contribution in [0.2, 0.25) is 0 Å². The van der Waals surface area contributed by atoms with Crippen molar-refractivity contribution in [1.82, 2.24) is 5.32 Å². The van der Waals surface area contributed by atoms with Crippen molar-refractivity contribution >= 4 is 16.9 Å². The van der Waals surface area contributed by atoms with Crippen molar-refractivity contribution in [2.24, 2.45) is 0 Å². The van der Waals surface area contributed by atoms with Crippen molar-refractivity contribution in [1.29, 1.82) is 0 Å². The Kier molecular flexibility index (Phi) is 2.83. The second kappa shape index (κ2) is 4.51. The van der Waals surface area contributed by atoms with E-state index in [9.17, 15) is 9.59 Å². The highest BCUT2D eigenvalue weighted by Crippen LogP contribution is 2.25. The molecule has 2 atom stereocenters. The van der Waals surface area contributed by atoms with E-state index in [4.69, 9.17) is 9.52 Å². The molecule has 2 aromatic rings. The zero-order valence-corrected chi connectivity index (χ0v) is 10.1. The van der Waals surface area contributed by atoms with Crippen LogP contribution in [-0.4, -0.2) is 17.1 Å². The summed E-state index contributed by atoms with van der Waals surface area (Å²) in [5.74, 6) is -0.882. The molecule has 0 saturated carbocycles. The van der Waals surface area contributed by atoms with Gasteiger partial charge in [0.1, 0.15) is 11.6 Å². The minimum Gasteiger partial charge on any atom is -0.480 e. The lowest BCUT2D eigenvalue weighted by Crippen LogP contribution is -2.33. The Bertz CT molecular complexity index is 691. The van der Waals surface area contributed by atoms with Gasteiger partial charge in [-0.3, -0.25) is 14.9 Å². The molecule has 5 heteroatoms. The lowest BCUT2D eigenvalue weighted by molar-refractivity contribution is -0.139. The molecule has 0 aliphatic carbocycles. The lowest BCUT2D eigenvalue weighted by atomic mass is 10.1. The summed E-state index contributed by atoms with van der Waals surface area (Å²) in [4.78, 5) is 23.3. The van der Waals surface area contributed by atoms with E-state index >= 15 is 0 Å². The summed E-state index contributed by atoms with van der Waals surface area (Å²) in [6.45, 7) is 0. The molecule has 19 heavy (non-hydrogen) atoms. The number of aliphatic carboxylic acids is 1. The number of carboxylic acid groups (broad SMARTS) is 1. The first-order valence-electron chi connectivity index (χ1n) is 6.16.